The lowest BCUT2D eigenvalue weighted by Crippen LogP contribution is -2.41. The molecule has 0 aromatic carbocycles. The van der Waals surface area contributed by atoms with Crippen molar-refractivity contribution in [2.75, 3.05) is 13.1 Å². The van der Waals surface area contributed by atoms with Crippen LogP contribution in [-0.4, -0.2) is 23.9 Å². The summed E-state index contributed by atoms with van der Waals surface area (Å²) in [5.74, 6) is 0.314. The van der Waals surface area contributed by atoms with Crippen LogP contribution in [0.25, 0.3) is 0 Å². The Bertz CT molecular complexity index is 199. The molecule has 0 aromatic rings. The normalized spacial score (nSPS) is 11.6. The Hall–Kier alpha value is -0.530. The third-order valence-electron chi connectivity index (χ3n) is 3.41. The molecule has 0 rings (SSSR count). The molecule has 0 aliphatic rings. The smallest absolute Gasteiger partial charge is 0.228 e. The molecule has 0 bridgehead atoms. The fourth-order valence-electron chi connectivity index (χ4n) is 1.71. The highest BCUT2D eigenvalue weighted by Crippen LogP contribution is 2.23. The summed E-state index contributed by atoms with van der Waals surface area (Å²) in [6.45, 7) is 12.2. The molecule has 0 saturated carbocycles. The molecule has 0 spiro atoms. The topological polar surface area (TPSA) is 20.3 Å². The monoisotopic (exact) mass is 227 g/mol. The van der Waals surface area contributed by atoms with E-state index in [1.165, 1.54) is 19.3 Å². The quantitative estimate of drug-likeness (QED) is 0.577. The zero-order chi connectivity index (χ0) is 12.6. The molecule has 0 atom stereocenters. The Morgan fingerprint density at radius 2 is 1.69 bits per heavy atom. The molecular formula is C14H29NO. The number of rotatable bonds is 8. The van der Waals surface area contributed by atoms with E-state index in [0.29, 0.717) is 5.91 Å². The highest BCUT2D eigenvalue weighted by molar-refractivity contribution is 5.81. The molecule has 0 fully saturated rings. The third-order valence-corrected chi connectivity index (χ3v) is 3.41. The van der Waals surface area contributed by atoms with Gasteiger partial charge < -0.3 is 4.90 Å². The Morgan fingerprint density at radius 3 is 2.12 bits per heavy atom. The van der Waals surface area contributed by atoms with Crippen LogP contribution in [0.3, 0.4) is 0 Å². The molecule has 0 aliphatic carbocycles. The predicted octanol–water partition coefficient (Wildman–Crippen LogP) is 3.85. The van der Waals surface area contributed by atoms with Crippen LogP contribution in [0.1, 0.15) is 66.7 Å². The van der Waals surface area contributed by atoms with Crippen LogP contribution in [-0.2, 0) is 4.79 Å². The van der Waals surface area contributed by atoms with Gasteiger partial charge in [0.1, 0.15) is 0 Å². The zero-order valence-electron chi connectivity index (χ0n) is 11.8. The summed E-state index contributed by atoms with van der Waals surface area (Å²) in [4.78, 5) is 14.2. The fourth-order valence-corrected chi connectivity index (χ4v) is 1.71. The van der Waals surface area contributed by atoms with Crippen molar-refractivity contribution in [1.29, 1.82) is 0 Å². The predicted molar refractivity (Wildman–Crippen MR) is 70.5 cm³/mol. The number of hydrogen-bond donors (Lipinski definition) is 0. The first-order chi connectivity index (χ1) is 7.49. The maximum Gasteiger partial charge on any atom is 0.228 e. The second-order valence-electron chi connectivity index (χ2n) is 5.18. The standard InChI is InChI=1S/C14H29NO/c1-6-9-10-11-12-15(8-3)13(16)14(4,5)7-2/h6-12H2,1-5H3. The Balaban J connectivity index is 4.12. The lowest BCUT2D eigenvalue weighted by molar-refractivity contribution is -0.140. The minimum absolute atomic E-state index is 0.194. The largest absolute Gasteiger partial charge is 0.343 e. The van der Waals surface area contributed by atoms with E-state index in [4.69, 9.17) is 0 Å². The molecule has 0 aliphatic heterocycles. The molecule has 0 saturated heterocycles. The highest BCUT2D eigenvalue weighted by atomic mass is 16.2. The maximum absolute atomic E-state index is 12.2. The first-order valence-corrected chi connectivity index (χ1v) is 6.79. The lowest BCUT2D eigenvalue weighted by Gasteiger charge is -2.30. The minimum Gasteiger partial charge on any atom is -0.343 e. The first-order valence-electron chi connectivity index (χ1n) is 6.79. The summed E-state index contributed by atoms with van der Waals surface area (Å²) in [6.07, 6.45) is 5.83. The van der Waals surface area contributed by atoms with Crippen molar-refractivity contribution in [1.82, 2.24) is 4.90 Å². The molecular weight excluding hydrogens is 198 g/mol. The molecule has 0 unspecified atom stereocenters. The summed E-state index contributed by atoms with van der Waals surface area (Å²) in [7, 11) is 0. The van der Waals surface area contributed by atoms with E-state index in [-0.39, 0.29) is 5.41 Å². The van der Waals surface area contributed by atoms with Gasteiger partial charge in [0.2, 0.25) is 5.91 Å². The van der Waals surface area contributed by atoms with Gasteiger partial charge in [-0.05, 0) is 19.8 Å². The van der Waals surface area contributed by atoms with E-state index in [1.807, 2.05) is 18.7 Å². The number of amides is 1. The second kappa shape index (κ2) is 7.70. The lowest BCUT2D eigenvalue weighted by atomic mass is 9.88. The maximum atomic E-state index is 12.2. The Labute approximate surface area is 101 Å². The van der Waals surface area contributed by atoms with Gasteiger partial charge in [0.05, 0.1) is 0 Å². The first kappa shape index (κ1) is 15.5. The molecule has 0 N–H and O–H groups in total. The van der Waals surface area contributed by atoms with Crippen LogP contribution in [0.4, 0.5) is 0 Å². The van der Waals surface area contributed by atoms with E-state index in [1.54, 1.807) is 0 Å². The van der Waals surface area contributed by atoms with Crippen molar-refractivity contribution in [2.24, 2.45) is 5.41 Å². The Morgan fingerprint density at radius 1 is 1.06 bits per heavy atom. The SMILES string of the molecule is CCCCCCN(CC)C(=O)C(C)(C)CC. The van der Waals surface area contributed by atoms with Crippen molar-refractivity contribution in [3.8, 4) is 0 Å². The van der Waals surface area contributed by atoms with Gasteiger partial charge >= 0.3 is 0 Å². The van der Waals surface area contributed by atoms with E-state index < -0.39 is 0 Å². The van der Waals surface area contributed by atoms with Crippen molar-refractivity contribution >= 4 is 5.91 Å². The van der Waals surface area contributed by atoms with Crippen molar-refractivity contribution in [2.45, 2.75) is 66.7 Å². The van der Waals surface area contributed by atoms with Crippen LogP contribution in [0.15, 0.2) is 0 Å². The Kier molecular flexibility index (Phi) is 7.44. The van der Waals surface area contributed by atoms with Crippen LogP contribution in [0.5, 0.6) is 0 Å². The van der Waals surface area contributed by atoms with E-state index >= 15 is 0 Å². The molecule has 16 heavy (non-hydrogen) atoms. The van der Waals surface area contributed by atoms with Gasteiger partial charge in [-0.3, -0.25) is 4.79 Å². The van der Waals surface area contributed by atoms with Crippen LogP contribution < -0.4 is 0 Å². The molecule has 0 radical (unpaired) electrons. The summed E-state index contributed by atoms with van der Waals surface area (Å²) < 4.78 is 0. The fraction of sp³-hybridized carbons (Fsp3) is 0.929. The van der Waals surface area contributed by atoms with Gasteiger partial charge in [-0.15, -0.1) is 0 Å². The summed E-state index contributed by atoms with van der Waals surface area (Å²) in [5.41, 5.74) is -0.194. The van der Waals surface area contributed by atoms with E-state index in [9.17, 15) is 4.79 Å². The number of nitrogens with zero attached hydrogens (tertiary/aromatic N) is 1. The van der Waals surface area contributed by atoms with Gasteiger partial charge in [0.15, 0.2) is 0 Å². The van der Waals surface area contributed by atoms with Gasteiger partial charge in [0.25, 0.3) is 0 Å². The average Bonchev–Trinajstić information content (AvgIpc) is 2.28. The van der Waals surface area contributed by atoms with Crippen molar-refractivity contribution in [3.63, 3.8) is 0 Å². The van der Waals surface area contributed by atoms with Crippen molar-refractivity contribution < 1.29 is 4.79 Å². The van der Waals surface area contributed by atoms with Gasteiger partial charge in [-0.25, -0.2) is 0 Å². The average molecular weight is 227 g/mol. The molecule has 2 nitrogen and oxygen atoms in total. The highest BCUT2D eigenvalue weighted by Gasteiger charge is 2.28. The molecule has 0 aromatic heterocycles. The minimum atomic E-state index is -0.194. The zero-order valence-corrected chi connectivity index (χ0v) is 11.8. The van der Waals surface area contributed by atoms with Crippen LogP contribution >= 0.6 is 0 Å². The van der Waals surface area contributed by atoms with Gasteiger partial charge in [0, 0.05) is 18.5 Å². The summed E-state index contributed by atoms with van der Waals surface area (Å²) in [6, 6.07) is 0. The number of unbranched alkanes of at least 4 members (excludes halogenated alkanes) is 3. The third kappa shape index (κ3) is 5.00. The van der Waals surface area contributed by atoms with Crippen LogP contribution in [0, 0.1) is 5.41 Å². The summed E-state index contributed by atoms with van der Waals surface area (Å²) >= 11 is 0. The van der Waals surface area contributed by atoms with E-state index in [2.05, 4.69) is 20.8 Å². The number of hydrogen-bond acceptors (Lipinski definition) is 1. The molecule has 0 heterocycles. The number of carbonyl (C=O) groups is 1. The van der Waals surface area contributed by atoms with Gasteiger partial charge in [-0.2, -0.15) is 0 Å². The molecule has 1 amide bonds. The molecule has 2 heteroatoms. The van der Waals surface area contributed by atoms with Crippen molar-refractivity contribution in [3.05, 3.63) is 0 Å². The second-order valence-corrected chi connectivity index (χ2v) is 5.18. The van der Waals surface area contributed by atoms with Crippen LogP contribution in [0.2, 0.25) is 0 Å². The van der Waals surface area contributed by atoms with Gasteiger partial charge in [-0.1, -0.05) is 47.0 Å². The summed E-state index contributed by atoms with van der Waals surface area (Å²) in [5, 5.41) is 0. The number of carbonyl (C=O) groups excluding carboxylic acids is 1. The van der Waals surface area contributed by atoms with E-state index in [0.717, 1.165) is 25.9 Å². The molecule has 96 valence electrons.